The number of piperidine rings is 1. The Hall–Kier alpha value is -0.540. The topological polar surface area (TPSA) is 20.3 Å². The number of halogens is 2. The van der Waals surface area contributed by atoms with Crippen molar-refractivity contribution in [2.75, 3.05) is 4.90 Å². The predicted molar refractivity (Wildman–Crippen MR) is 72.7 cm³/mol. The molecule has 0 radical (unpaired) electrons. The number of benzene rings is 1. The fraction of sp³-hybridized carbons (Fsp3) is 0.462. The number of anilines is 1. The molecule has 0 aromatic heterocycles. The number of fused-ring (bicyclic) bond motifs is 2. The minimum Gasteiger partial charge on any atom is -0.364 e. The molecule has 2 heterocycles. The highest BCUT2D eigenvalue weighted by atomic mass is 79.9. The third kappa shape index (κ3) is 1.89. The van der Waals surface area contributed by atoms with Crippen molar-refractivity contribution in [2.45, 2.75) is 37.8 Å². The largest absolute Gasteiger partial charge is 0.364 e. The van der Waals surface area contributed by atoms with E-state index in [4.69, 9.17) is 11.6 Å². The van der Waals surface area contributed by atoms with Crippen LogP contribution in [0.15, 0.2) is 22.7 Å². The standard InChI is InChI=1S/C13H13BrClNO/c14-13-11(15)2-1-3-12(13)16-8-4-5-9(16)7-10(17)6-8/h1-3,8-9H,4-7H2. The number of nitrogens with zero attached hydrogens (tertiary/aromatic N) is 1. The average molecular weight is 315 g/mol. The van der Waals surface area contributed by atoms with Gasteiger partial charge in [0, 0.05) is 24.9 Å². The van der Waals surface area contributed by atoms with Gasteiger partial charge in [0.1, 0.15) is 5.78 Å². The number of rotatable bonds is 1. The van der Waals surface area contributed by atoms with E-state index in [-0.39, 0.29) is 0 Å². The molecule has 2 fully saturated rings. The smallest absolute Gasteiger partial charge is 0.137 e. The summed E-state index contributed by atoms with van der Waals surface area (Å²) in [5.41, 5.74) is 1.14. The molecule has 0 amide bonds. The van der Waals surface area contributed by atoms with Crippen LogP contribution in [-0.2, 0) is 4.79 Å². The summed E-state index contributed by atoms with van der Waals surface area (Å²) >= 11 is 9.69. The summed E-state index contributed by atoms with van der Waals surface area (Å²) in [6.07, 6.45) is 3.62. The SMILES string of the molecule is O=C1CC2CCC(C1)N2c1cccc(Cl)c1Br. The maximum absolute atomic E-state index is 11.6. The Bertz CT molecular complexity index is 460. The number of carbonyl (C=O) groups is 1. The summed E-state index contributed by atoms with van der Waals surface area (Å²) < 4.78 is 0.952. The molecule has 3 rings (SSSR count). The van der Waals surface area contributed by atoms with Gasteiger partial charge in [-0.3, -0.25) is 4.79 Å². The van der Waals surface area contributed by atoms with Crippen molar-refractivity contribution in [1.29, 1.82) is 0 Å². The molecule has 2 nitrogen and oxygen atoms in total. The third-order valence-corrected chi connectivity index (χ3v) is 5.13. The van der Waals surface area contributed by atoms with E-state index < -0.39 is 0 Å². The van der Waals surface area contributed by atoms with Crippen LogP contribution in [0.4, 0.5) is 5.69 Å². The molecule has 2 unspecified atom stereocenters. The molecule has 2 aliphatic heterocycles. The summed E-state index contributed by atoms with van der Waals surface area (Å²) in [4.78, 5) is 14.0. The second kappa shape index (κ2) is 4.29. The van der Waals surface area contributed by atoms with Gasteiger partial charge in [0.2, 0.25) is 0 Å². The van der Waals surface area contributed by atoms with Gasteiger partial charge < -0.3 is 4.90 Å². The van der Waals surface area contributed by atoms with Crippen LogP contribution >= 0.6 is 27.5 Å². The molecule has 2 bridgehead atoms. The molecule has 0 N–H and O–H groups in total. The van der Waals surface area contributed by atoms with E-state index in [0.29, 0.717) is 30.7 Å². The van der Waals surface area contributed by atoms with Crippen LogP contribution in [-0.4, -0.2) is 17.9 Å². The van der Waals surface area contributed by atoms with Crippen LogP contribution in [0.3, 0.4) is 0 Å². The second-order valence-electron chi connectivity index (χ2n) is 4.81. The van der Waals surface area contributed by atoms with Crippen LogP contribution in [0.1, 0.15) is 25.7 Å². The van der Waals surface area contributed by atoms with E-state index in [1.807, 2.05) is 12.1 Å². The van der Waals surface area contributed by atoms with Crippen LogP contribution < -0.4 is 4.90 Å². The van der Waals surface area contributed by atoms with E-state index >= 15 is 0 Å². The van der Waals surface area contributed by atoms with Crippen molar-refractivity contribution in [2.24, 2.45) is 0 Å². The lowest BCUT2D eigenvalue weighted by Gasteiger charge is -2.36. The average Bonchev–Trinajstić information content (AvgIpc) is 2.55. The maximum atomic E-state index is 11.6. The second-order valence-corrected chi connectivity index (χ2v) is 6.01. The van der Waals surface area contributed by atoms with Crippen LogP contribution in [0, 0.1) is 0 Å². The Morgan fingerprint density at radius 1 is 1.24 bits per heavy atom. The highest BCUT2D eigenvalue weighted by Gasteiger charge is 2.40. The summed E-state index contributed by atoms with van der Waals surface area (Å²) in [6, 6.07) is 6.67. The van der Waals surface area contributed by atoms with Crippen molar-refractivity contribution >= 4 is 39.0 Å². The first-order valence-electron chi connectivity index (χ1n) is 5.91. The Balaban J connectivity index is 2.00. The molecule has 0 saturated carbocycles. The normalized spacial score (nSPS) is 27.6. The molecule has 1 aromatic carbocycles. The molecule has 2 saturated heterocycles. The number of ketones is 1. The number of carbonyl (C=O) groups excluding carboxylic acids is 1. The maximum Gasteiger partial charge on any atom is 0.137 e. The van der Waals surface area contributed by atoms with Crippen molar-refractivity contribution in [3.63, 3.8) is 0 Å². The predicted octanol–water partition coefficient (Wildman–Crippen LogP) is 3.80. The zero-order chi connectivity index (χ0) is 12.0. The van der Waals surface area contributed by atoms with Crippen molar-refractivity contribution in [3.05, 3.63) is 27.7 Å². The van der Waals surface area contributed by atoms with Crippen molar-refractivity contribution in [3.8, 4) is 0 Å². The van der Waals surface area contributed by atoms with Gasteiger partial charge in [-0.1, -0.05) is 17.7 Å². The molecule has 2 atom stereocenters. The van der Waals surface area contributed by atoms with Gasteiger partial charge in [0.25, 0.3) is 0 Å². The molecule has 1 aromatic rings. The molecule has 0 aliphatic carbocycles. The van der Waals surface area contributed by atoms with Gasteiger partial charge in [-0.2, -0.15) is 0 Å². The lowest BCUT2D eigenvalue weighted by Crippen LogP contribution is -2.43. The summed E-state index contributed by atoms with van der Waals surface area (Å²) in [6.45, 7) is 0. The van der Waals surface area contributed by atoms with Gasteiger partial charge in [0.05, 0.1) is 15.2 Å². The van der Waals surface area contributed by atoms with Gasteiger partial charge in [0.15, 0.2) is 0 Å². The lowest BCUT2D eigenvalue weighted by atomic mass is 10.0. The van der Waals surface area contributed by atoms with Gasteiger partial charge in [-0.15, -0.1) is 0 Å². The van der Waals surface area contributed by atoms with E-state index in [0.717, 1.165) is 28.0 Å². The summed E-state index contributed by atoms with van der Waals surface area (Å²) in [7, 11) is 0. The minimum absolute atomic E-state index is 0.371. The Kier molecular flexibility index (Phi) is 2.91. The Morgan fingerprint density at radius 2 is 1.88 bits per heavy atom. The first-order valence-corrected chi connectivity index (χ1v) is 7.08. The van der Waals surface area contributed by atoms with E-state index in [2.05, 4.69) is 26.9 Å². The van der Waals surface area contributed by atoms with Crippen LogP contribution in [0.5, 0.6) is 0 Å². The molecule has 4 heteroatoms. The molecular weight excluding hydrogens is 302 g/mol. The van der Waals surface area contributed by atoms with Gasteiger partial charge in [-0.25, -0.2) is 0 Å². The van der Waals surface area contributed by atoms with E-state index in [1.165, 1.54) is 0 Å². The minimum atomic E-state index is 0.371. The number of hydrogen-bond donors (Lipinski definition) is 0. The monoisotopic (exact) mass is 313 g/mol. The molecule has 17 heavy (non-hydrogen) atoms. The van der Waals surface area contributed by atoms with E-state index in [9.17, 15) is 4.79 Å². The van der Waals surface area contributed by atoms with Crippen LogP contribution in [0.25, 0.3) is 0 Å². The highest BCUT2D eigenvalue weighted by molar-refractivity contribution is 9.10. The van der Waals surface area contributed by atoms with Crippen molar-refractivity contribution < 1.29 is 4.79 Å². The fourth-order valence-corrected chi connectivity index (χ4v) is 3.69. The molecule has 0 spiro atoms. The van der Waals surface area contributed by atoms with Gasteiger partial charge in [-0.05, 0) is 40.9 Å². The quantitative estimate of drug-likeness (QED) is 0.786. The molecular formula is C13H13BrClNO. The lowest BCUT2D eigenvalue weighted by molar-refractivity contribution is -0.120. The highest BCUT2D eigenvalue weighted by Crippen LogP contribution is 2.42. The Morgan fingerprint density at radius 3 is 2.53 bits per heavy atom. The number of hydrogen-bond acceptors (Lipinski definition) is 2. The Labute approximate surface area is 114 Å². The van der Waals surface area contributed by atoms with E-state index in [1.54, 1.807) is 0 Å². The zero-order valence-electron chi connectivity index (χ0n) is 9.33. The first kappa shape index (κ1) is 11.5. The zero-order valence-corrected chi connectivity index (χ0v) is 11.7. The summed E-state index contributed by atoms with van der Waals surface area (Å²) in [5, 5.41) is 0.735. The first-order chi connectivity index (χ1) is 8.16. The molecule has 90 valence electrons. The molecule has 2 aliphatic rings. The van der Waals surface area contributed by atoms with Crippen molar-refractivity contribution in [1.82, 2.24) is 0 Å². The number of Topliss-reactive ketones (excluding diaryl/α,β-unsaturated/α-hetero) is 1. The summed E-state index contributed by atoms with van der Waals surface area (Å²) in [5.74, 6) is 0.409. The van der Waals surface area contributed by atoms with Gasteiger partial charge >= 0.3 is 0 Å². The third-order valence-electron chi connectivity index (χ3n) is 3.76. The fourth-order valence-electron chi connectivity index (χ4n) is 3.06. The van der Waals surface area contributed by atoms with Crippen LogP contribution in [0.2, 0.25) is 5.02 Å².